The van der Waals surface area contributed by atoms with Crippen molar-refractivity contribution in [1.29, 1.82) is 0 Å². The lowest BCUT2D eigenvalue weighted by Crippen LogP contribution is -2.37. The molecule has 0 saturated carbocycles. The predicted molar refractivity (Wildman–Crippen MR) is 100 cm³/mol. The van der Waals surface area contributed by atoms with Gasteiger partial charge in [0.25, 0.3) is 11.5 Å². The molecule has 1 amide bonds. The van der Waals surface area contributed by atoms with Gasteiger partial charge in [-0.2, -0.15) is 13.2 Å². The number of halogens is 3. The molecule has 1 heterocycles. The second-order valence-electron chi connectivity index (χ2n) is 7.74. The van der Waals surface area contributed by atoms with Crippen molar-refractivity contribution in [1.82, 2.24) is 15.3 Å². The summed E-state index contributed by atoms with van der Waals surface area (Å²) in [7, 11) is 3.33. The van der Waals surface area contributed by atoms with Crippen molar-refractivity contribution in [2.75, 3.05) is 19.0 Å². The fraction of sp³-hybridized carbons (Fsp3) is 0.421. The highest BCUT2D eigenvalue weighted by atomic mass is 19.4. The van der Waals surface area contributed by atoms with E-state index >= 15 is 0 Å². The van der Waals surface area contributed by atoms with Gasteiger partial charge in [0.2, 0.25) is 5.95 Å². The summed E-state index contributed by atoms with van der Waals surface area (Å²) >= 11 is 0. The molecule has 28 heavy (non-hydrogen) atoms. The van der Waals surface area contributed by atoms with E-state index in [0.29, 0.717) is 5.56 Å². The summed E-state index contributed by atoms with van der Waals surface area (Å²) in [6.45, 7) is 5.56. The maximum atomic E-state index is 12.8. The number of benzene rings is 1. The van der Waals surface area contributed by atoms with Crippen molar-refractivity contribution in [2.24, 2.45) is 5.41 Å². The number of anilines is 1. The number of rotatable bonds is 4. The minimum absolute atomic E-state index is 0.0754. The molecule has 2 aromatic rings. The minimum atomic E-state index is -4.43. The third kappa shape index (κ3) is 5.11. The molecular formula is C19H23F3N4O2. The summed E-state index contributed by atoms with van der Waals surface area (Å²) < 4.78 is 38.4. The highest BCUT2D eigenvalue weighted by Gasteiger charge is 2.32. The van der Waals surface area contributed by atoms with E-state index in [1.807, 2.05) is 20.8 Å². The predicted octanol–water partition coefficient (Wildman–Crippen LogP) is 3.37. The molecule has 0 aliphatic carbocycles. The summed E-state index contributed by atoms with van der Waals surface area (Å²) in [6, 6.07) is 5.14. The van der Waals surface area contributed by atoms with Gasteiger partial charge in [-0.05, 0) is 23.1 Å². The van der Waals surface area contributed by atoms with E-state index in [4.69, 9.17) is 0 Å². The van der Waals surface area contributed by atoms with Gasteiger partial charge in [-0.1, -0.05) is 32.9 Å². The Morgan fingerprint density at radius 3 is 2.18 bits per heavy atom. The average molecular weight is 396 g/mol. The van der Waals surface area contributed by atoms with Gasteiger partial charge in [0, 0.05) is 20.2 Å². The lowest BCUT2D eigenvalue weighted by Gasteiger charge is -2.32. The molecule has 0 aliphatic rings. The smallest absolute Gasteiger partial charge is 0.348 e. The molecular weight excluding hydrogens is 373 g/mol. The second-order valence-corrected chi connectivity index (χ2v) is 7.74. The Bertz CT molecular complexity index is 897. The molecule has 2 N–H and O–H groups in total. The standard InChI is InChI=1S/C19H23F3N4O2/c1-18(2,3)15(11-6-8-12(9-7-11)19(20,21)22)25-16(28)13-10-14(27)24-17(23-13)26(4)5/h6-10,15H,1-5H3,(H,25,28)(H,23,24,27)/t15-/m0/s1. The Balaban J connectivity index is 2.36. The molecule has 9 heteroatoms. The molecule has 0 bridgehead atoms. The normalized spacial score (nSPS) is 13.1. The molecule has 1 aromatic heterocycles. The molecule has 0 saturated heterocycles. The Morgan fingerprint density at radius 2 is 1.71 bits per heavy atom. The van der Waals surface area contributed by atoms with Crippen LogP contribution in [0.2, 0.25) is 0 Å². The van der Waals surface area contributed by atoms with Crippen LogP contribution in [0.5, 0.6) is 0 Å². The summed E-state index contributed by atoms with van der Waals surface area (Å²) in [5.74, 6) is -0.367. The quantitative estimate of drug-likeness (QED) is 0.831. The van der Waals surface area contributed by atoms with Crippen LogP contribution in [0.25, 0.3) is 0 Å². The van der Waals surface area contributed by atoms with Gasteiger partial charge in [-0.15, -0.1) is 0 Å². The molecule has 1 aromatic carbocycles. The largest absolute Gasteiger partial charge is 0.416 e. The SMILES string of the molecule is CN(C)c1nc(C(=O)N[C@@H](c2ccc(C(F)(F)F)cc2)C(C)(C)C)cc(=O)[nH]1. The van der Waals surface area contributed by atoms with E-state index in [1.54, 1.807) is 19.0 Å². The first-order valence-electron chi connectivity index (χ1n) is 8.56. The number of alkyl halides is 3. The van der Waals surface area contributed by atoms with Gasteiger partial charge in [-0.3, -0.25) is 14.6 Å². The van der Waals surface area contributed by atoms with Gasteiger partial charge in [0.15, 0.2) is 0 Å². The maximum Gasteiger partial charge on any atom is 0.416 e. The van der Waals surface area contributed by atoms with E-state index in [9.17, 15) is 22.8 Å². The Morgan fingerprint density at radius 1 is 1.14 bits per heavy atom. The van der Waals surface area contributed by atoms with Crippen LogP contribution < -0.4 is 15.8 Å². The summed E-state index contributed by atoms with van der Waals surface area (Å²) in [5.41, 5.74) is -1.30. The van der Waals surface area contributed by atoms with Gasteiger partial charge >= 0.3 is 6.18 Å². The van der Waals surface area contributed by atoms with Gasteiger partial charge in [0.05, 0.1) is 11.6 Å². The third-order valence-corrected chi connectivity index (χ3v) is 4.10. The number of nitrogens with one attached hydrogen (secondary N) is 2. The monoisotopic (exact) mass is 396 g/mol. The molecule has 2 rings (SSSR count). The Hall–Kier alpha value is -2.84. The molecule has 152 valence electrons. The van der Waals surface area contributed by atoms with Crippen molar-refractivity contribution in [3.05, 3.63) is 57.5 Å². The summed E-state index contributed by atoms with van der Waals surface area (Å²) in [6.07, 6.45) is -4.43. The molecule has 0 radical (unpaired) electrons. The van der Waals surface area contributed by atoms with Crippen LogP contribution in [0, 0.1) is 5.41 Å². The topological polar surface area (TPSA) is 78.1 Å². The molecule has 0 unspecified atom stereocenters. The van der Waals surface area contributed by atoms with E-state index in [-0.39, 0.29) is 11.6 Å². The number of hydrogen-bond donors (Lipinski definition) is 2. The van der Waals surface area contributed by atoms with Crippen molar-refractivity contribution in [3.8, 4) is 0 Å². The van der Waals surface area contributed by atoms with Crippen molar-refractivity contribution < 1.29 is 18.0 Å². The van der Waals surface area contributed by atoms with Crippen LogP contribution in [0.4, 0.5) is 19.1 Å². The first-order valence-corrected chi connectivity index (χ1v) is 8.56. The lowest BCUT2D eigenvalue weighted by molar-refractivity contribution is -0.137. The van der Waals surface area contributed by atoms with Crippen LogP contribution in [-0.2, 0) is 6.18 Å². The first kappa shape index (κ1) is 21.5. The Labute approximate surface area is 160 Å². The first-order chi connectivity index (χ1) is 12.8. The third-order valence-electron chi connectivity index (χ3n) is 4.10. The van der Waals surface area contributed by atoms with Gasteiger partial charge in [-0.25, -0.2) is 4.98 Å². The van der Waals surface area contributed by atoms with Gasteiger partial charge in [0.1, 0.15) is 5.69 Å². The highest BCUT2D eigenvalue weighted by Crippen LogP contribution is 2.35. The van der Waals surface area contributed by atoms with Crippen LogP contribution in [0.15, 0.2) is 35.1 Å². The molecule has 0 aliphatic heterocycles. The molecule has 0 spiro atoms. The number of carbonyl (C=O) groups excluding carboxylic acids is 1. The van der Waals surface area contributed by atoms with E-state index in [2.05, 4.69) is 15.3 Å². The minimum Gasteiger partial charge on any atom is -0.348 e. The molecule has 1 atom stereocenters. The summed E-state index contributed by atoms with van der Waals surface area (Å²) in [4.78, 5) is 32.7. The second kappa shape index (κ2) is 7.65. The Kier molecular flexibility index (Phi) is 5.86. The van der Waals surface area contributed by atoms with Gasteiger partial charge < -0.3 is 10.2 Å². The highest BCUT2D eigenvalue weighted by molar-refractivity contribution is 5.92. The van der Waals surface area contributed by atoms with Crippen LogP contribution in [-0.4, -0.2) is 30.0 Å². The molecule has 0 fully saturated rings. The zero-order chi connectivity index (χ0) is 21.3. The number of amides is 1. The fourth-order valence-corrected chi connectivity index (χ4v) is 2.64. The average Bonchev–Trinajstić information content (AvgIpc) is 2.57. The zero-order valence-corrected chi connectivity index (χ0v) is 16.3. The number of aromatic amines is 1. The van der Waals surface area contributed by atoms with Crippen molar-refractivity contribution in [2.45, 2.75) is 33.0 Å². The number of hydrogen-bond acceptors (Lipinski definition) is 4. The number of aromatic nitrogens is 2. The lowest BCUT2D eigenvalue weighted by atomic mass is 9.82. The zero-order valence-electron chi connectivity index (χ0n) is 16.3. The van der Waals surface area contributed by atoms with Crippen molar-refractivity contribution >= 4 is 11.9 Å². The maximum absolute atomic E-state index is 12.8. The number of H-pyrrole nitrogens is 1. The van der Waals surface area contributed by atoms with E-state index in [1.165, 1.54) is 12.1 Å². The van der Waals surface area contributed by atoms with Crippen LogP contribution in [0.3, 0.4) is 0 Å². The molecule has 6 nitrogen and oxygen atoms in total. The van der Waals surface area contributed by atoms with Crippen LogP contribution in [0.1, 0.15) is 48.4 Å². The summed E-state index contributed by atoms with van der Waals surface area (Å²) in [5, 5.41) is 2.79. The van der Waals surface area contributed by atoms with Crippen molar-refractivity contribution in [3.63, 3.8) is 0 Å². The number of carbonyl (C=O) groups is 1. The van der Waals surface area contributed by atoms with E-state index < -0.39 is 34.7 Å². The fourth-order valence-electron chi connectivity index (χ4n) is 2.64. The van der Waals surface area contributed by atoms with E-state index in [0.717, 1.165) is 18.2 Å². The van der Waals surface area contributed by atoms with Crippen LogP contribution >= 0.6 is 0 Å². The number of nitrogens with zero attached hydrogens (tertiary/aromatic N) is 2.